The van der Waals surface area contributed by atoms with Crippen molar-refractivity contribution in [3.63, 3.8) is 0 Å². The van der Waals surface area contributed by atoms with Gasteiger partial charge in [-0.05, 0) is 57.7 Å². The van der Waals surface area contributed by atoms with Crippen LogP contribution in [0.5, 0.6) is 0 Å². The molecule has 1 amide bonds. The minimum absolute atomic E-state index is 0.0758. The third kappa shape index (κ3) is 4.32. The Hall–Kier alpha value is -1.53. The van der Waals surface area contributed by atoms with E-state index in [1.807, 2.05) is 11.8 Å². The zero-order valence-corrected chi connectivity index (χ0v) is 17.6. The molecule has 0 saturated carbocycles. The molecule has 2 aromatic rings. The van der Waals surface area contributed by atoms with Crippen LogP contribution in [-0.2, 0) is 11.3 Å². The number of likely N-dealkylation sites (tertiary alicyclic amines) is 1. The summed E-state index contributed by atoms with van der Waals surface area (Å²) in [5.41, 5.74) is 0.502. The van der Waals surface area contributed by atoms with Gasteiger partial charge in [0.25, 0.3) is 5.56 Å². The van der Waals surface area contributed by atoms with E-state index in [2.05, 4.69) is 18.8 Å². The van der Waals surface area contributed by atoms with Gasteiger partial charge in [0.1, 0.15) is 0 Å². The minimum Gasteiger partial charge on any atom is -0.337 e. The fraction of sp³-hybridized carbons (Fsp3) is 0.550. The first-order valence-corrected chi connectivity index (χ1v) is 10.9. The Kier molecular flexibility index (Phi) is 6.48. The molecular weight excluding hydrogens is 382 g/mol. The van der Waals surface area contributed by atoms with E-state index in [4.69, 9.17) is 11.6 Å². The van der Waals surface area contributed by atoms with Gasteiger partial charge in [0.2, 0.25) is 5.91 Å². The van der Waals surface area contributed by atoms with E-state index in [-0.39, 0.29) is 29.3 Å². The Labute approximate surface area is 169 Å². The molecule has 1 aliphatic rings. The number of hydrogen-bond acceptors (Lipinski definition) is 4. The Balaban J connectivity index is 1.88. The molecule has 1 aromatic carbocycles. The summed E-state index contributed by atoms with van der Waals surface area (Å²) in [5, 5.41) is 1.69. The number of rotatable bonds is 5. The summed E-state index contributed by atoms with van der Waals surface area (Å²) in [6.45, 7) is 6.83. The van der Waals surface area contributed by atoms with E-state index in [1.165, 1.54) is 18.2 Å². The molecule has 0 radical (unpaired) electrons. The van der Waals surface area contributed by atoms with Crippen molar-refractivity contribution in [3.8, 4) is 0 Å². The first-order chi connectivity index (χ1) is 12.9. The van der Waals surface area contributed by atoms with Gasteiger partial charge in [0.15, 0.2) is 5.16 Å². The van der Waals surface area contributed by atoms with E-state index in [9.17, 15) is 9.59 Å². The molecule has 1 saturated heterocycles. The van der Waals surface area contributed by atoms with Crippen molar-refractivity contribution in [3.05, 3.63) is 33.6 Å². The van der Waals surface area contributed by atoms with Gasteiger partial charge in [0, 0.05) is 23.7 Å². The van der Waals surface area contributed by atoms with Crippen molar-refractivity contribution >= 4 is 40.2 Å². The van der Waals surface area contributed by atoms with Crippen LogP contribution < -0.4 is 5.56 Å². The summed E-state index contributed by atoms with van der Waals surface area (Å²) in [6.07, 6.45) is 4.09. The molecule has 1 fully saturated rings. The lowest BCUT2D eigenvalue weighted by atomic mass is 9.98. The molecule has 7 heteroatoms. The molecule has 0 bridgehead atoms. The number of hydrogen-bond donors (Lipinski definition) is 0. The van der Waals surface area contributed by atoms with E-state index < -0.39 is 0 Å². The Morgan fingerprint density at radius 2 is 2.00 bits per heavy atom. The minimum atomic E-state index is -0.0758. The molecule has 27 heavy (non-hydrogen) atoms. The highest BCUT2D eigenvalue weighted by Gasteiger charge is 2.29. The normalized spacial score (nSPS) is 20.2. The van der Waals surface area contributed by atoms with Crippen LogP contribution in [0.2, 0.25) is 5.02 Å². The third-order valence-electron chi connectivity index (χ3n) is 5.14. The number of benzene rings is 1. The van der Waals surface area contributed by atoms with Crippen LogP contribution in [0, 0.1) is 0 Å². The van der Waals surface area contributed by atoms with Crippen LogP contribution in [0.3, 0.4) is 0 Å². The van der Waals surface area contributed by atoms with Crippen LogP contribution >= 0.6 is 23.4 Å². The van der Waals surface area contributed by atoms with Crippen molar-refractivity contribution in [1.29, 1.82) is 0 Å². The number of aromatic nitrogens is 2. The smallest absolute Gasteiger partial charge is 0.262 e. The maximum absolute atomic E-state index is 12.9. The molecule has 1 aromatic heterocycles. The monoisotopic (exact) mass is 407 g/mol. The van der Waals surface area contributed by atoms with Crippen molar-refractivity contribution in [2.75, 3.05) is 5.75 Å². The van der Waals surface area contributed by atoms with Gasteiger partial charge in [-0.25, -0.2) is 4.98 Å². The summed E-state index contributed by atoms with van der Waals surface area (Å²) in [7, 11) is 0. The predicted octanol–water partition coefficient (Wildman–Crippen LogP) is 4.34. The molecule has 3 rings (SSSR count). The number of thioether (sulfide) groups is 1. The van der Waals surface area contributed by atoms with Crippen LogP contribution in [0.4, 0.5) is 0 Å². The zero-order valence-electron chi connectivity index (χ0n) is 16.1. The number of amides is 1. The van der Waals surface area contributed by atoms with Crippen LogP contribution in [0.15, 0.2) is 28.2 Å². The summed E-state index contributed by atoms with van der Waals surface area (Å²) in [5.74, 6) is 0.403. The second kappa shape index (κ2) is 8.65. The highest BCUT2D eigenvalue weighted by molar-refractivity contribution is 7.99. The topological polar surface area (TPSA) is 55.2 Å². The Morgan fingerprint density at radius 1 is 1.30 bits per heavy atom. The lowest BCUT2D eigenvalue weighted by molar-refractivity contribution is -0.134. The molecule has 0 aliphatic carbocycles. The van der Waals surface area contributed by atoms with Crippen molar-refractivity contribution in [2.24, 2.45) is 0 Å². The number of halogens is 1. The zero-order chi connectivity index (χ0) is 19.6. The second-order valence-electron chi connectivity index (χ2n) is 7.23. The lowest BCUT2D eigenvalue weighted by Gasteiger charge is -2.39. The number of piperidine rings is 1. The molecule has 146 valence electrons. The van der Waals surface area contributed by atoms with Gasteiger partial charge in [-0.1, -0.05) is 30.3 Å². The van der Waals surface area contributed by atoms with Gasteiger partial charge < -0.3 is 4.90 Å². The van der Waals surface area contributed by atoms with Crippen molar-refractivity contribution < 1.29 is 4.79 Å². The number of carbonyl (C=O) groups excluding carboxylic acids is 1. The maximum atomic E-state index is 12.9. The molecule has 0 spiro atoms. The first kappa shape index (κ1) is 20.2. The van der Waals surface area contributed by atoms with E-state index in [0.29, 0.717) is 27.6 Å². The van der Waals surface area contributed by atoms with Gasteiger partial charge in [-0.2, -0.15) is 0 Å². The maximum Gasteiger partial charge on any atom is 0.262 e. The molecule has 0 unspecified atom stereocenters. The Morgan fingerprint density at radius 3 is 2.67 bits per heavy atom. The highest BCUT2D eigenvalue weighted by Crippen LogP contribution is 2.25. The van der Waals surface area contributed by atoms with Crippen molar-refractivity contribution in [1.82, 2.24) is 14.5 Å². The molecular formula is C20H26ClN3O2S. The summed E-state index contributed by atoms with van der Waals surface area (Å²) in [4.78, 5) is 32.3. The predicted molar refractivity (Wildman–Crippen MR) is 112 cm³/mol. The van der Waals surface area contributed by atoms with Gasteiger partial charge in [-0.15, -0.1) is 0 Å². The molecule has 5 nitrogen and oxygen atoms in total. The summed E-state index contributed by atoms with van der Waals surface area (Å²) in [6, 6.07) is 5.66. The standard InChI is InChI=1S/C20H26ClN3O2S/c1-4-10-23-19(26)16-9-8-15(21)11-17(16)22-20(23)27-12-18(25)24-13(2)6-5-7-14(24)3/h8-9,11,13-14H,4-7,10,12H2,1-3H3/t13-,14+. The SMILES string of the molecule is CCCn1c(SCC(=O)N2[C@H](C)CCC[C@@H]2C)nc2cc(Cl)ccc2c1=O. The van der Waals surface area contributed by atoms with Gasteiger partial charge in [-0.3, -0.25) is 14.2 Å². The number of nitrogens with zero attached hydrogens (tertiary/aromatic N) is 3. The van der Waals surface area contributed by atoms with Crippen LogP contribution in [0.1, 0.15) is 46.5 Å². The largest absolute Gasteiger partial charge is 0.337 e. The average molecular weight is 408 g/mol. The molecule has 0 N–H and O–H groups in total. The number of fused-ring (bicyclic) bond motifs is 1. The Bertz CT molecular complexity index is 889. The molecule has 2 heterocycles. The van der Waals surface area contributed by atoms with E-state index in [1.54, 1.807) is 22.8 Å². The second-order valence-corrected chi connectivity index (χ2v) is 8.61. The van der Waals surface area contributed by atoms with Gasteiger partial charge >= 0.3 is 0 Å². The quantitative estimate of drug-likeness (QED) is 0.546. The van der Waals surface area contributed by atoms with Crippen LogP contribution in [-0.4, -0.2) is 38.2 Å². The molecule has 1 aliphatic heterocycles. The average Bonchev–Trinajstić information content (AvgIpc) is 2.62. The van der Waals surface area contributed by atoms with Crippen molar-refractivity contribution in [2.45, 2.75) is 70.2 Å². The number of carbonyl (C=O) groups is 1. The fourth-order valence-electron chi connectivity index (χ4n) is 3.82. The van der Waals surface area contributed by atoms with E-state index >= 15 is 0 Å². The van der Waals surface area contributed by atoms with Crippen LogP contribution in [0.25, 0.3) is 10.9 Å². The third-order valence-corrected chi connectivity index (χ3v) is 6.33. The first-order valence-electron chi connectivity index (χ1n) is 9.56. The summed E-state index contributed by atoms with van der Waals surface area (Å²) >= 11 is 7.41. The molecule has 2 atom stereocenters. The van der Waals surface area contributed by atoms with E-state index in [0.717, 1.165) is 19.3 Å². The lowest BCUT2D eigenvalue weighted by Crippen LogP contribution is -2.48. The highest BCUT2D eigenvalue weighted by atomic mass is 35.5. The fourth-order valence-corrected chi connectivity index (χ4v) is 4.88. The summed E-state index contributed by atoms with van der Waals surface area (Å²) < 4.78 is 1.68. The van der Waals surface area contributed by atoms with Gasteiger partial charge in [0.05, 0.1) is 16.7 Å².